The van der Waals surface area contributed by atoms with E-state index in [-0.39, 0.29) is 11.4 Å². The van der Waals surface area contributed by atoms with Crippen molar-refractivity contribution in [3.63, 3.8) is 0 Å². The van der Waals surface area contributed by atoms with Gasteiger partial charge in [0, 0.05) is 25.0 Å². The molecule has 15 heavy (non-hydrogen) atoms. The number of rotatable bonds is 3. The molecule has 1 aromatic heterocycles. The van der Waals surface area contributed by atoms with E-state index in [9.17, 15) is 4.79 Å². The number of carbonyl (C=O) groups excluding carboxylic acids is 1. The van der Waals surface area contributed by atoms with Crippen LogP contribution in [0, 0.1) is 0 Å². The molecule has 0 radical (unpaired) electrons. The zero-order chi connectivity index (χ0) is 11.6. The normalized spacial score (nSPS) is 11.5. The molecule has 1 rings (SSSR count). The molecule has 0 atom stereocenters. The standard InChI is InChI=1S/C10H16BrN3O/c1-10(2,6-11)14(4)9(15)8-5-12-7-13(8)3/h5,7H,6H2,1-4H3. The number of amides is 1. The van der Waals surface area contributed by atoms with Crippen molar-refractivity contribution in [3.05, 3.63) is 18.2 Å². The van der Waals surface area contributed by atoms with E-state index >= 15 is 0 Å². The first-order valence-electron chi connectivity index (χ1n) is 4.70. The molecule has 0 bridgehead atoms. The van der Waals surface area contributed by atoms with E-state index in [0.717, 1.165) is 5.33 Å². The predicted molar refractivity (Wildman–Crippen MR) is 63.2 cm³/mol. The molecule has 0 aliphatic rings. The number of hydrogen-bond acceptors (Lipinski definition) is 2. The van der Waals surface area contributed by atoms with E-state index in [0.29, 0.717) is 5.69 Å². The third kappa shape index (κ3) is 2.40. The van der Waals surface area contributed by atoms with Gasteiger partial charge in [0.25, 0.3) is 5.91 Å². The molecular weight excluding hydrogens is 258 g/mol. The topological polar surface area (TPSA) is 38.1 Å². The van der Waals surface area contributed by atoms with Gasteiger partial charge in [-0.25, -0.2) is 4.98 Å². The van der Waals surface area contributed by atoms with Gasteiger partial charge in [0.2, 0.25) is 0 Å². The van der Waals surface area contributed by atoms with Gasteiger partial charge in [0.15, 0.2) is 0 Å². The lowest BCUT2D eigenvalue weighted by Crippen LogP contribution is -2.46. The summed E-state index contributed by atoms with van der Waals surface area (Å²) in [5.74, 6) is -0.0144. The first-order chi connectivity index (χ1) is 6.90. The van der Waals surface area contributed by atoms with Gasteiger partial charge in [0.1, 0.15) is 5.69 Å². The van der Waals surface area contributed by atoms with Crippen LogP contribution in [-0.4, -0.2) is 38.3 Å². The molecule has 0 unspecified atom stereocenters. The number of alkyl halides is 1. The number of aryl methyl sites for hydroxylation is 1. The van der Waals surface area contributed by atoms with Gasteiger partial charge in [-0.15, -0.1) is 0 Å². The molecule has 1 amide bonds. The van der Waals surface area contributed by atoms with Crippen LogP contribution in [0.2, 0.25) is 0 Å². The summed E-state index contributed by atoms with van der Waals surface area (Å²) in [5.41, 5.74) is 0.396. The Morgan fingerprint density at radius 3 is 2.67 bits per heavy atom. The fourth-order valence-corrected chi connectivity index (χ4v) is 1.48. The Hall–Kier alpha value is -0.840. The molecule has 84 valence electrons. The maximum Gasteiger partial charge on any atom is 0.272 e. The summed E-state index contributed by atoms with van der Waals surface area (Å²) in [5, 5.41) is 0.736. The number of nitrogens with zero attached hydrogens (tertiary/aromatic N) is 3. The van der Waals surface area contributed by atoms with Crippen molar-refractivity contribution in [1.29, 1.82) is 0 Å². The van der Waals surface area contributed by atoms with Gasteiger partial charge >= 0.3 is 0 Å². The predicted octanol–water partition coefficient (Wildman–Crippen LogP) is 1.67. The van der Waals surface area contributed by atoms with Crippen molar-refractivity contribution < 1.29 is 4.79 Å². The highest BCUT2D eigenvalue weighted by atomic mass is 79.9. The van der Waals surface area contributed by atoms with Gasteiger partial charge in [-0.3, -0.25) is 4.79 Å². The molecule has 0 spiro atoms. The molecule has 0 saturated carbocycles. The summed E-state index contributed by atoms with van der Waals surface area (Å²) < 4.78 is 1.73. The van der Waals surface area contributed by atoms with E-state index in [1.54, 1.807) is 29.0 Å². The highest BCUT2D eigenvalue weighted by Crippen LogP contribution is 2.17. The average Bonchev–Trinajstić information content (AvgIpc) is 2.62. The SMILES string of the molecule is CN(C(=O)c1cncn1C)C(C)(C)CBr. The molecular formula is C10H16BrN3O. The summed E-state index contributed by atoms with van der Waals surface area (Å²) in [7, 11) is 3.62. The van der Waals surface area contributed by atoms with Crippen LogP contribution >= 0.6 is 15.9 Å². The molecule has 1 heterocycles. The highest BCUT2D eigenvalue weighted by molar-refractivity contribution is 9.09. The van der Waals surface area contributed by atoms with Crippen molar-refractivity contribution in [3.8, 4) is 0 Å². The fraction of sp³-hybridized carbons (Fsp3) is 0.600. The van der Waals surface area contributed by atoms with Crippen molar-refractivity contribution in [2.45, 2.75) is 19.4 Å². The Kier molecular flexibility index (Phi) is 3.54. The van der Waals surface area contributed by atoms with Crippen LogP contribution in [-0.2, 0) is 7.05 Å². The van der Waals surface area contributed by atoms with Crippen molar-refractivity contribution in [2.24, 2.45) is 7.05 Å². The van der Waals surface area contributed by atoms with Gasteiger partial charge in [-0.2, -0.15) is 0 Å². The van der Waals surface area contributed by atoms with Crippen LogP contribution in [0.15, 0.2) is 12.5 Å². The minimum absolute atomic E-state index is 0.0144. The minimum Gasteiger partial charge on any atom is -0.334 e. The van der Waals surface area contributed by atoms with Crippen molar-refractivity contribution >= 4 is 21.8 Å². The smallest absolute Gasteiger partial charge is 0.272 e. The van der Waals surface area contributed by atoms with Crippen LogP contribution in [0.4, 0.5) is 0 Å². The second-order valence-corrected chi connectivity index (χ2v) is 4.76. The van der Waals surface area contributed by atoms with Crippen LogP contribution in [0.25, 0.3) is 0 Å². The fourth-order valence-electron chi connectivity index (χ4n) is 1.10. The van der Waals surface area contributed by atoms with E-state index in [1.807, 2.05) is 20.9 Å². The first kappa shape index (κ1) is 12.2. The molecule has 0 aliphatic carbocycles. The Balaban J connectivity index is 2.92. The number of hydrogen-bond donors (Lipinski definition) is 0. The Bertz CT molecular complexity index is 359. The molecule has 4 nitrogen and oxygen atoms in total. The summed E-state index contributed by atoms with van der Waals surface area (Å²) in [6.07, 6.45) is 3.21. The lowest BCUT2D eigenvalue weighted by Gasteiger charge is -2.33. The van der Waals surface area contributed by atoms with Gasteiger partial charge in [-0.1, -0.05) is 15.9 Å². The van der Waals surface area contributed by atoms with Crippen LogP contribution in [0.1, 0.15) is 24.3 Å². The maximum absolute atomic E-state index is 12.1. The number of carbonyl (C=O) groups is 1. The lowest BCUT2D eigenvalue weighted by atomic mass is 10.1. The lowest BCUT2D eigenvalue weighted by molar-refractivity contribution is 0.0653. The van der Waals surface area contributed by atoms with Crippen molar-refractivity contribution in [2.75, 3.05) is 12.4 Å². The molecule has 0 aliphatic heterocycles. The zero-order valence-corrected chi connectivity index (χ0v) is 11.1. The van der Waals surface area contributed by atoms with Crippen molar-refractivity contribution in [1.82, 2.24) is 14.5 Å². The Labute approximate surface area is 98.4 Å². The van der Waals surface area contributed by atoms with Crippen LogP contribution in [0.3, 0.4) is 0 Å². The van der Waals surface area contributed by atoms with E-state index < -0.39 is 0 Å². The summed E-state index contributed by atoms with van der Waals surface area (Å²) >= 11 is 3.41. The molecule has 0 saturated heterocycles. The molecule has 5 heteroatoms. The average molecular weight is 274 g/mol. The number of imidazole rings is 1. The van der Waals surface area contributed by atoms with Crippen LogP contribution < -0.4 is 0 Å². The second kappa shape index (κ2) is 4.35. The second-order valence-electron chi connectivity index (χ2n) is 4.20. The summed E-state index contributed by atoms with van der Waals surface area (Å²) in [6, 6.07) is 0. The molecule has 0 fully saturated rings. The zero-order valence-electron chi connectivity index (χ0n) is 9.49. The maximum atomic E-state index is 12.1. The van der Waals surface area contributed by atoms with E-state index in [1.165, 1.54) is 0 Å². The Morgan fingerprint density at radius 1 is 1.67 bits per heavy atom. The largest absolute Gasteiger partial charge is 0.334 e. The summed E-state index contributed by atoms with van der Waals surface area (Å²) in [6.45, 7) is 4.02. The highest BCUT2D eigenvalue weighted by Gasteiger charge is 2.28. The molecule has 0 N–H and O–H groups in total. The monoisotopic (exact) mass is 273 g/mol. The van der Waals surface area contributed by atoms with Crippen LogP contribution in [0.5, 0.6) is 0 Å². The number of aromatic nitrogens is 2. The van der Waals surface area contributed by atoms with Gasteiger partial charge < -0.3 is 9.47 Å². The summed E-state index contributed by atoms with van der Waals surface area (Å²) in [4.78, 5) is 17.7. The van der Waals surface area contributed by atoms with E-state index in [4.69, 9.17) is 0 Å². The van der Waals surface area contributed by atoms with Gasteiger partial charge in [0.05, 0.1) is 12.5 Å². The van der Waals surface area contributed by atoms with Gasteiger partial charge in [-0.05, 0) is 13.8 Å². The third-order valence-corrected chi connectivity index (χ3v) is 3.95. The first-order valence-corrected chi connectivity index (χ1v) is 5.82. The molecule has 0 aromatic carbocycles. The third-order valence-electron chi connectivity index (χ3n) is 2.58. The number of halogens is 1. The quantitative estimate of drug-likeness (QED) is 0.786. The minimum atomic E-state index is -0.207. The Morgan fingerprint density at radius 2 is 2.27 bits per heavy atom. The molecule has 1 aromatic rings. The van der Waals surface area contributed by atoms with E-state index in [2.05, 4.69) is 20.9 Å².